The van der Waals surface area contributed by atoms with Gasteiger partial charge in [-0.15, -0.1) is 0 Å². The van der Waals surface area contributed by atoms with E-state index >= 15 is 0 Å². The van der Waals surface area contributed by atoms with Crippen molar-refractivity contribution >= 4 is 0 Å². The fraction of sp³-hybridized carbons (Fsp3) is 1.00. The van der Waals surface area contributed by atoms with E-state index in [4.69, 9.17) is 18.9 Å². The number of methoxy groups -OCH3 is 2. The van der Waals surface area contributed by atoms with Gasteiger partial charge in [0.1, 0.15) is 27.0 Å². The summed E-state index contributed by atoms with van der Waals surface area (Å²) >= 11 is 0. The summed E-state index contributed by atoms with van der Waals surface area (Å²) in [6.45, 7) is 4.71. The van der Waals surface area contributed by atoms with Crippen LogP contribution in [-0.2, 0) is 18.9 Å². The van der Waals surface area contributed by atoms with E-state index in [2.05, 4.69) is 6.92 Å². The third kappa shape index (κ3) is 8.40. The summed E-state index contributed by atoms with van der Waals surface area (Å²) in [5.74, 6) is 0. The number of ether oxygens (including phenoxy) is 4. The summed E-state index contributed by atoms with van der Waals surface area (Å²) in [7, 11) is 3.21. The molecule has 0 saturated carbocycles. The molecule has 0 fully saturated rings. The molecule has 0 unspecified atom stereocenters. The average molecular weight is 207 g/mol. The predicted octanol–water partition coefficient (Wildman–Crippen LogP) is 0.854. The first-order chi connectivity index (χ1) is 6.85. The summed E-state index contributed by atoms with van der Waals surface area (Å²) in [5, 5.41) is 0. The summed E-state index contributed by atoms with van der Waals surface area (Å²) in [5.41, 5.74) is 0. The number of hydrogen-bond acceptors (Lipinski definition) is 5. The zero-order chi connectivity index (χ0) is 10.6. The van der Waals surface area contributed by atoms with Crippen molar-refractivity contribution in [3.8, 4) is 0 Å². The fourth-order valence-electron chi connectivity index (χ4n) is 0.982. The Kier molecular flexibility index (Phi) is 10.7. The van der Waals surface area contributed by atoms with Gasteiger partial charge in [0.15, 0.2) is 0 Å². The second kappa shape index (κ2) is 10.9. The monoisotopic (exact) mass is 207 g/mol. The van der Waals surface area contributed by atoms with Gasteiger partial charge in [-0.05, 0) is 6.42 Å². The molecule has 86 valence electrons. The van der Waals surface area contributed by atoms with Crippen molar-refractivity contribution in [2.24, 2.45) is 0 Å². The van der Waals surface area contributed by atoms with E-state index in [1.165, 1.54) is 0 Å². The Morgan fingerprint density at radius 3 is 1.79 bits per heavy atom. The molecule has 0 aromatic heterocycles. The molecular weight excluding hydrogens is 186 g/mol. The third-order valence-corrected chi connectivity index (χ3v) is 1.49. The second-order valence-corrected chi connectivity index (χ2v) is 2.87. The lowest BCUT2D eigenvalue weighted by Crippen LogP contribution is -2.30. The number of nitrogens with zero attached hydrogens (tertiary/aromatic N) is 1. The summed E-state index contributed by atoms with van der Waals surface area (Å²) in [4.78, 5) is 2.04. The first-order valence-corrected chi connectivity index (χ1v) is 4.70. The SMILES string of the molecule is CCCN(COCOC)COCOC. The van der Waals surface area contributed by atoms with Gasteiger partial charge in [0.25, 0.3) is 0 Å². The highest BCUT2D eigenvalue weighted by atomic mass is 16.7. The van der Waals surface area contributed by atoms with Gasteiger partial charge in [0, 0.05) is 20.8 Å². The van der Waals surface area contributed by atoms with Crippen molar-refractivity contribution < 1.29 is 18.9 Å². The highest BCUT2D eigenvalue weighted by molar-refractivity contribution is 4.43. The van der Waals surface area contributed by atoms with Crippen LogP contribution in [0, 0.1) is 0 Å². The minimum absolute atomic E-state index is 0.310. The zero-order valence-corrected chi connectivity index (χ0v) is 9.32. The minimum Gasteiger partial charge on any atom is -0.359 e. The molecule has 14 heavy (non-hydrogen) atoms. The normalized spacial score (nSPS) is 11.1. The van der Waals surface area contributed by atoms with Crippen molar-refractivity contribution in [3.05, 3.63) is 0 Å². The Bertz CT molecular complexity index is 103. The van der Waals surface area contributed by atoms with Crippen LogP contribution in [0.3, 0.4) is 0 Å². The Balaban J connectivity index is 3.44. The number of rotatable bonds is 10. The molecule has 0 radical (unpaired) electrons. The molecular formula is C9H21NO4. The summed E-state index contributed by atoms with van der Waals surface area (Å²) in [6.07, 6.45) is 1.06. The molecule has 0 heterocycles. The van der Waals surface area contributed by atoms with E-state index in [0.717, 1.165) is 13.0 Å². The van der Waals surface area contributed by atoms with Gasteiger partial charge in [0.05, 0.1) is 0 Å². The van der Waals surface area contributed by atoms with Gasteiger partial charge in [-0.25, -0.2) is 0 Å². The van der Waals surface area contributed by atoms with Crippen LogP contribution in [0.1, 0.15) is 13.3 Å². The summed E-state index contributed by atoms with van der Waals surface area (Å²) in [6, 6.07) is 0. The van der Waals surface area contributed by atoms with Crippen LogP contribution in [0.25, 0.3) is 0 Å². The Morgan fingerprint density at radius 1 is 0.929 bits per heavy atom. The largest absolute Gasteiger partial charge is 0.359 e. The molecule has 0 saturated heterocycles. The highest BCUT2D eigenvalue weighted by Gasteiger charge is 2.02. The first kappa shape index (κ1) is 13.8. The Labute approximate surface area is 85.9 Å². The fourth-order valence-corrected chi connectivity index (χ4v) is 0.982. The van der Waals surface area contributed by atoms with Gasteiger partial charge in [-0.3, -0.25) is 4.90 Å². The molecule has 0 aliphatic carbocycles. The van der Waals surface area contributed by atoms with Crippen molar-refractivity contribution in [3.63, 3.8) is 0 Å². The van der Waals surface area contributed by atoms with Crippen LogP contribution in [-0.4, -0.2) is 52.7 Å². The van der Waals surface area contributed by atoms with Crippen LogP contribution in [0.15, 0.2) is 0 Å². The topological polar surface area (TPSA) is 40.2 Å². The third-order valence-electron chi connectivity index (χ3n) is 1.49. The first-order valence-electron chi connectivity index (χ1n) is 4.70. The van der Waals surface area contributed by atoms with Crippen LogP contribution < -0.4 is 0 Å². The van der Waals surface area contributed by atoms with Gasteiger partial charge in [-0.2, -0.15) is 0 Å². The molecule has 0 aromatic rings. The van der Waals surface area contributed by atoms with Gasteiger partial charge in [0.2, 0.25) is 0 Å². The molecule has 0 spiro atoms. The maximum atomic E-state index is 5.21. The molecule has 0 N–H and O–H groups in total. The predicted molar refractivity (Wildman–Crippen MR) is 52.7 cm³/mol. The van der Waals surface area contributed by atoms with Crippen molar-refractivity contribution in [2.75, 3.05) is 47.8 Å². The van der Waals surface area contributed by atoms with Crippen LogP contribution in [0.2, 0.25) is 0 Å². The van der Waals surface area contributed by atoms with E-state index in [1.54, 1.807) is 14.2 Å². The van der Waals surface area contributed by atoms with E-state index in [9.17, 15) is 0 Å². The van der Waals surface area contributed by atoms with Crippen LogP contribution >= 0.6 is 0 Å². The zero-order valence-electron chi connectivity index (χ0n) is 9.32. The molecule has 5 nitrogen and oxygen atoms in total. The Hall–Kier alpha value is -0.200. The lowest BCUT2D eigenvalue weighted by atomic mass is 10.4. The quantitative estimate of drug-likeness (QED) is 0.392. The van der Waals surface area contributed by atoms with E-state index < -0.39 is 0 Å². The second-order valence-electron chi connectivity index (χ2n) is 2.87. The molecule has 0 aromatic carbocycles. The standard InChI is InChI=1S/C9H21NO4/c1-4-5-10(6-13-8-11-2)7-14-9-12-3/h4-9H2,1-3H3. The lowest BCUT2D eigenvalue weighted by Gasteiger charge is -2.20. The lowest BCUT2D eigenvalue weighted by molar-refractivity contribution is -0.124. The van der Waals surface area contributed by atoms with E-state index in [0.29, 0.717) is 27.0 Å². The van der Waals surface area contributed by atoms with Gasteiger partial charge < -0.3 is 18.9 Å². The molecule has 0 rings (SSSR count). The van der Waals surface area contributed by atoms with E-state index in [-0.39, 0.29) is 0 Å². The Morgan fingerprint density at radius 2 is 1.43 bits per heavy atom. The van der Waals surface area contributed by atoms with Crippen LogP contribution in [0.5, 0.6) is 0 Å². The highest BCUT2D eigenvalue weighted by Crippen LogP contribution is 1.93. The van der Waals surface area contributed by atoms with Crippen molar-refractivity contribution in [1.82, 2.24) is 4.90 Å². The maximum Gasteiger partial charge on any atom is 0.148 e. The van der Waals surface area contributed by atoms with Crippen LogP contribution in [0.4, 0.5) is 0 Å². The smallest absolute Gasteiger partial charge is 0.148 e. The van der Waals surface area contributed by atoms with E-state index in [1.807, 2.05) is 4.90 Å². The molecule has 0 amide bonds. The number of hydrogen-bond donors (Lipinski definition) is 0. The molecule has 5 heteroatoms. The molecule has 0 aliphatic rings. The maximum absolute atomic E-state index is 5.21. The van der Waals surface area contributed by atoms with Crippen molar-refractivity contribution in [2.45, 2.75) is 13.3 Å². The average Bonchev–Trinajstić information content (AvgIpc) is 2.18. The van der Waals surface area contributed by atoms with Crippen molar-refractivity contribution in [1.29, 1.82) is 0 Å². The molecule has 0 atom stereocenters. The summed E-state index contributed by atoms with van der Waals surface area (Å²) < 4.78 is 20.0. The minimum atomic E-state index is 0.310. The van der Waals surface area contributed by atoms with Gasteiger partial charge in [-0.1, -0.05) is 6.92 Å². The molecule has 0 bridgehead atoms. The molecule has 0 aliphatic heterocycles. The van der Waals surface area contributed by atoms with Gasteiger partial charge >= 0.3 is 0 Å².